The fourth-order valence-corrected chi connectivity index (χ4v) is 2.28. The highest BCUT2D eigenvalue weighted by Crippen LogP contribution is 2.30. The van der Waals surface area contributed by atoms with Gasteiger partial charge in [0.2, 0.25) is 0 Å². The molecule has 0 saturated heterocycles. The molecule has 2 unspecified atom stereocenters. The van der Waals surface area contributed by atoms with Gasteiger partial charge in [-0.1, -0.05) is 11.8 Å². The molecule has 0 spiro atoms. The molecule has 2 atom stereocenters. The molecule has 9 heteroatoms. The molecule has 0 radical (unpaired) electrons. The Bertz CT molecular complexity index is 555. The molecule has 0 fully saturated rings. The molecule has 0 bridgehead atoms. The van der Waals surface area contributed by atoms with E-state index in [1.165, 1.54) is 6.92 Å². The summed E-state index contributed by atoms with van der Waals surface area (Å²) >= 11 is 0.910. The van der Waals surface area contributed by atoms with Crippen molar-refractivity contribution in [2.45, 2.75) is 25.6 Å². The molecule has 116 valence electrons. The molecule has 1 rings (SSSR count). The van der Waals surface area contributed by atoms with E-state index in [0.29, 0.717) is 12.1 Å². The number of rotatable bonds is 6. The number of carbonyl (C=O) groups is 1. The summed E-state index contributed by atoms with van der Waals surface area (Å²) in [6, 6.07) is 0.838. The molecule has 0 aliphatic heterocycles. The van der Waals surface area contributed by atoms with E-state index in [1.54, 1.807) is 0 Å². The molecule has 0 aliphatic carbocycles. The van der Waals surface area contributed by atoms with Crippen LogP contribution in [0.25, 0.3) is 0 Å². The zero-order valence-electron chi connectivity index (χ0n) is 11.0. The second-order valence-electron chi connectivity index (χ2n) is 4.22. The maximum atomic E-state index is 13.2. The van der Waals surface area contributed by atoms with Crippen LogP contribution in [0.4, 0.5) is 14.5 Å². The monoisotopic (exact) mass is 321 g/mol. The fraction of sp³-hybridized carbons (Fsp3) is 0.417. The van der Waals surface area contributed by atoms with Crippen molar-refractivity contribution in [1.82, 2.24) is 0 Å². The third-order valence-corrected chi connectivity index (χ3v) is 3.51. The first-order valence-electron chi connectivity index (χ1n) is 5.86. The van der Waals surface area contributed by atoms with Crippen molar-refractivity contribution in [3.63, 3.8) is 0 Å². The van der Waals surface area contributed by atoms with Crippen LogP contribution in [0.15, 0.2) is 12.1 Å². The van der Waals surface area contributed by atoms with E-state index in [-0.39, 0.29) is 17.3 Å². The Kier molecular flexibility index (Phi) is 6.19. The van der Waals surface area contributed by atoms with Gasteiger partial charge in [-0.15, -0.1) is 0 Å². The molecule has 21 heavy (non-hydrogen) atoms. The third kappa shape index (κ3) is 4.73. The van der Waals surface area contributed by atoms with Gasteiger partial charge >= 0.3 is 0 Å². The molecule has 1 aromatic rings. The van der Waals surface area contributed by atoms with E-state index in [4.69, 9.17) is 0 Å². The van der Waals surface area contributed by atoms with Crippen molar-refractivity contribution < 1.29 is 28.7 Å². The lowest BCUT2D eigenvalue weighted by Crippen LogP contribution is -2.20. The Morgan fingerprint density at radius 1 is 1.38 bits per heavy atom. The second kappa shape index (κ2) is 7.43. The van der Waals surface area contributed by atoms with Crippen LogP contribution in [-0.2, 0) is 4.79 Å². The van der Waals surface area contributed by atoms with Crippen LogP contribution in [0.3, 0.4) is 0 Å². The lowest BCUT2D eigenvalue weighted by molar-refractivity contribution is -0.386. The van der Waals surface area contributed by atoms with E-state index < -0.39 is 40.0 Å². The number of hydrogen-bond acceptors (Lipinski definition) is 6. The Hall–Kier alpha value is -1.58. The first-order valence-corrected chi connectivity index (χ1v) is 6.85. The second-order valence-corrected chi connectivity index (χ2v) is 5.49. The highest BCUT2D eigenvalue weighted by Gasteiger charge is 2.28. The van der Waals surface area contributed by atoms with Crippen molar-refractivity contribution >= 4 is 22.6 Å². The maximum absolute atomic E-state index is 13.2. The summed E-state index contributed by atoms with van der Waals surface area (Å²) in [6.45, 7) is 1.33. The number of nitro benzene ring substituents is 1. The van der Waals surface area contributed by atoms with Crippen molar-refractivity contribution in [3.05, 3.63) is 39.4 Å². The largest absolute Gasteiger partial charge is 0.390 e. The van der Waals surface area contributed by atoms with E-state index in [2.05, 4.69) is 0 Å². The SMILES string of the molecule is CC(=O)SCCC(O)C(O)c1cc(F)c(F)cc1[N+](=O)[O-]. The topological polar surface area (TPSA) is 101 Å². The zero-order chi connectivity index (χ0) is 16.2. The minimum absolute atomic E-state index is 0.0401. The number of nitro groups is 1. The molecule has 0 saturated carbocycles. The predicted molar refractivity (Wildman–Crippen MR) is 71.7 cm³/mol. The fourth-order valence-electron chi connectivity index (χ4n) is 1.64. The molecule has 0 amide bonds. The molecule has 1 aromatic carbocycles. The van der Waals surface area contributed by atoms with Crippen LogP contribution in [0.1, 0.15) is 25.0 Å². The summed E-state index contributed by atoms with van der Waals surface area (Å²) in [4.78, 5) is 20.5. The quantitative estimate of drug-likeness (QED) is 0.613. The number of hydrogen-bond donors (Lipinski definition) is 2. The number of benzene rings is 1. The molecule has 0 aliphatic rings. The number of carbonyl (C=O) groups excluding carboxylic acids is 1. The predicted octanol–water partition coefficient (Wildman–Crippen LogP) is 1.94. The van der Waals surface area contributed by atoms with Gasteiger partial charge in [0.05, 0.1) is 22.7 Å². The summed E-state index contributed by atoms with van der Waals surface area (Å²) in [7, 11) is 0. The molecule has 6 nitrogen and oxygen atoms in total. The van der Waals surface area contributed by atoms with Gasteiger partial charge in [0.25, 0.3) is 5.69 Å². The van der Waals surface area contributed by atoms with E-state index >= 15 is 0 Å². The van der Waals surface area contributed by atoms with Crippen LogP contribution in [0.5, 0.6) is 0 Å². The van der Waals surface area contributed by atoms with Crippen molar-refractivity contribution in [3.8, 4) is 0 Å². The zero-order valence-corrected chi connectivity index (χ0v) is 11.8. The number of thioether (sulfide) groups is 1. The Morgan fingerprint density at radius 2 is 1.95 bits per heavy atom. The van der Waals surface area contributed by atoms with Gasteiger partial charge < -0.3 is 10.2 Å². The summed E-state index contributed by atoms with van der Waals surface area (Å²) in [5.74, 6) is -2.59. The van der Waals surface area contributed by atoms with E-state index in [9.17, 15) is 33.9 Å². The summed E-state index contributed by atoms with van der Waals surface area (Å²) < 4.78 is 26.2. The normalized spacial score (nSPS) is 13.8. The Labute approximate surface area is 122 Å². The first kappa shape index (κ1) is 17.5. The van der Waals surface area contributed by atoms with Gasteiger partial charge in [-0.25, -0.2) is 8.78 Å². The summed E-state index contributed by atoms with van der Waals surface area (Å²) in [6.07, 6.45) is -3.24. The van der Waals surface area contributed by atoms with Crippen molar-refractivity contribution in [2.24, 2.45) is 0 Å². The number of nitrogens with zero attached hydrogens (tertiary/aromatic N) is 1. The average molecular weight is 321 g/mol. The van der Waals surface area contributed by atoms with Gasteiger partial charge in [-0.2, -0.15) is 0 Å². The minimum Gasteiger partial charge on any atom is -0.390 e. The molecule has 2 N–H and O–H groups in total. The maximum Gasteiger partial charge on any atom is 0.278 e. The lowest BCUT2D eigenvalue weighted by atomic mass is 10.0. The average Bonchev–Trinajstić information content (AvgIpc) is 2.39. The molecular formula is C12H13F2NO5S. The van der Waals surface area contributed by atoms with E-state index in [0.717, 1.165) is 11.8 Å². The molecule has 0 aromatic heterocycles. The lowest BCUT2D eigenvalue weighted by Gasteiger charge is -2.18. The van der Waals surface area contributed by atoms with Gasteiger partial charge in [0, 0.05) is 12.7 Å². The van der Waals surface area contributed by atoms with Gasteiger partial charge in [0.1, 0.15) is 6.10 Å². The Morgan fingerprint density at radius 3 is 2.48 bits per heavy atom. The standard InChI is InChI=1S/C12H13F2NO5S/c1-6(16)21-3-2-11(17)12(18)7-4-8(13)9(14)5-10(7)15(19)20/h4-5,11-12,17-18H,2-3H2,1H3. The smallest absolute Gasteiger partial charge is 0.278 e. The van der Waals surface area contributed by atoms with Gasteiger partial charge in [0.15, 0.2) is 16.7 Å². The summed E-state index contributed by atoms with van der Waals surface area (Å²) in [5, 5.41) is 30.2. The van der Waals surface area contributed by atoms with Crippen molar-refractivity contribution in [2.75, 3.05) is 5.75 Å². The number of aliphatic hydroxyl groups is 2. The summed E-state index contributed by atoms with van der Waals surface area (Å²) in [5.41, 5.74) is -1.33. The molecule has 0 heterocycles. The highest BCUT2D eigenvalue weighted by atomic mass is 32.2. The van der Waals surface area contributed by atoms with Crippen LogP contribution in [0, 0.1) is 21.7 Å². The van der Waals surface area contributed by atoms with Crippen molar-refractivity contribution in [1.29, 1.82) is 0 Å². The third-order valence-electron chi connectivity index (χ3n) is 2.67. The van der Waals surface area contributed by atoms with Crippen LogP contribution in [-0.4, -0.2) is 32.1 Å². The van der Waals surface area contributed by atoms with Crippen LogP contribution < -0.4 is 0 Å². The highest BCUT2D eigenvalue weighted by molar-refractivity contribution is 8.13. The number of halogens is 2. The minimum atomic E-state index is -1.76. The first-order chi connectivity index (χ1) is 9.73. The van der Waals surface area contributed by atoms with Crippen LogP contribution >= 0.6 is 11.8 Å². The van der Waals surface area contributed by atoms with E-state index in [1.807, 2.05) is 0 Å². The van der Waals surface area contributed by atoms with Gasteiger partial charge in [-0.3, -0.25) is 14.9 Å². The Balaban J connectivity index is 2.95. The number of aliphatic hydroxyl groups excluding tert-OH is 2. The molecular weight excluding hydrogens is 308 g/mol. The van der Waals surface area contributed by atoms with Crippen LogP contribution in [0.2, 0.25) is 0 Å². The van der Waals surface area contributed by atoms with Gasteiger partial charge in [-0.05, 0) is 12.5 Å².